The Morgan fingerprint density at radius 1 is 1.25 bits per heavy atom. The molecule has 3 heterocycles. The molecule has 0 unspecified atom stereocenters. The van der Waals surface area contributed by atoms with Crippen molar-refractivity contribution in [1.29, 1.82) is 0 Å². The molecule has 0 saturated carbocycles. The van der Waals surface area contributed by atoms with Crippen LogP contribution in [0.15, 0.2) is 16.9 Å². The molecule has 0 spiro atoms. The van der Waals surface area contributed by atoms with Gasteiger partial charge in [0, 0.05) is 56.5 Å². The Labute approximate surface area is 142 Å². The Bertz CT molecular complexity index is 705. The van der Waals surface area contributed by atoms with Crippen molar-refractivity contribution in [1.82, 2.24) is 20.0 Å². The van der Waals surface area contributed by atoms with E-state index in [-0.39, 0.29) is 0 Å². The van der Waals surface area contributed by atoms with E-state index in [0.29, 0.717) is 6.04 Å². The van der Waals surface area contributed by atoms with E-state index in [1.807, 2.05) is 6.92 Å². The fourth-order valence-electron chi connectivity index (χ4n) is 3.91. The van der Waals surface area contributed by atoms with Crippen LogP contribution in [0.25, 0.3) is 0 Å². The molecule has 128 valence electrons. The van der Waals surface area contributed by atoms with E-state index < -0.39 is 0 Å². The second kappa shape index (κ2) is 6.51. The minimum atomic E-state index is 0.540. The monoisotopic (exact) mass is 327 g/mol. The Balaban J connectivity index is 1.35. The van der Waals surface area contributed by atoms with E-state index >= 15 is 0 Å². The second-order valence-corrected chi connectivity index (χ2v) is 7.02. The molecule has 0 amide bonds. The third-order valence-electron chi connectivity index (χ3n) is 5.41. The number of fused-ring (bicyclic) bond motifs is 1. The zero-order valence-electron chi connectivity index (χ0n) is 14.5. The molecule has 1 aliphatic heterocycles. The fourth-order valence-corrected chi connectivity index (χ4v) is 3.91. The van der Waals surface area contributed by atoms with Crippen molar-refractivity contribution in [2.24, 2.45) is 0 Å². The molecule has 0 aromatic carbocycles. The highest BCUT2D eigenvalue weighted by atomic mass is 16.5. The van der Waals surface area contributed by atoms with Gasteiger partial charge in [0.25, 0.3) is 0 Å². The van der Waals surface area contributed by atoms with Crippen LogP contribution in [0.2, 0.25) is 0 Å². The molecule has 0 N–H and O–H groups in total. The summed E-state index contributed by atoms with van der Waals surface area (Å²) in [5.74, 6) is 2.15. The number of hydrogen-bond acceptors (Lipinski definition) is 6. The summed E-state index contributed by atoms with van der Waals surface area (Å²) in [5, 5.41) is 4.30. The highest BCUT2D eigenvalue weighted by Crippen LogP contribution is 2.27. The molecular formula is C18H25N5O. The minimum Gasteiger partial charge on any atom is -0.361 e. The molecule has 4 rings (SSSR count). The molecule has 1 fully saturated rings. The first-order valence-corrected chi connectivity index (χ1v) is 8.91. The van der Waals surface area contributed by atoms with E-state index in [1.54, 1.807) is 6.33 Å². The standard InChI is InChI=1S/C18H25N5O/c1-13-10-18(20-12-19-13)22(2)14-6-8-23(9-7-14)11-16-15-4-3-5-17(15)24-21-16/h10,12,14H,3-9,11H2,1-2H3. The maximum absolute atomic E-state index is 5.48. The van der Waals surface area contributed by atoms with Gasteiger partial charge in [0.1, 0.15) is 23.6 Å². The highest BCUT2D eigenvalue weighted by molar-refractivity contribution is 5.39. The summed E-state index contributed by atoms with van der Waals surface area (Å²) >= 11 is 0. The normalized spacial score (nSPS) is 18.8. The average Bonchev–Trinajstić information content (AvgIpc) is 3.20. The van der Waals surface area contributed by atoms with Gasteiger partial charge in [-0.25, -0.2) is 9.97 Å². The van der Waals surface area contributed by atoms with Crippen molar-refractivity contribution in [2.75, 3.05) is 25.0 Å². The number of likely N-dealkylation sites (tertiary alicyclic amines) is 1. The zero-order valence-corrected chi connectivity index (χ0v) is 14.5. The number of piperidine rings is 1. The van der Waals surface area contributed by atoms with Gasteiger partial charge in [-0.1, -0.05) is 5.16 Å². The lowest BCUT2D eigenvalue weighted by Gasteiger charge is -2.37. The Kier molecular flexibility index (Phi) is 4.22. The number of rotatable bonds is 4. The number of aromatic nitrogens is 3. The largest absolute Gasteiger partial charge is 0.361 e. The van der Waals surface area contributed by atoms with Gasteiger partial charge in [-0.05, 0) is 32.6 Å². The second-order valence-electron chi connectivity index (χ2n) is 7.02. The number of hydrogen-bond donors (Lipinski definition) is 0. The van der Waals surface area contributed by atoms with E-state index in [9.17, 15) is 0 Å². The van der Waals surface area contributed by atoms with E-state index in [2.05, 4.69) is 38.0 Å². The smallest absolute Gasteiger partial charge is 0.140 e. The van der Waals surface area contributed by atoms with Crippen molar-refractivity contribution in [3.8, 4) is 0 Å². The van der Waals surface area contributed by atoms with Gasteiger partial charge in [-0.2, -0.15) is 0 Å². The summed E-state index contributed by atoms with van der Waals surface area (Å²) < 4.78 is 5.48. The highest BCUT2D eigenvalue weighted by Gasteiger charge is 2.26. The quantitative estimate of drug-likeness (QED) is 0.859. The van der Waals surface area contributed by atoms with Gasteiger partial charge < -0.3 is 9.42 Å². The van der Waals surface area contributed by atoms with Crippen molar-refractivity contribution < 1.29 is 4.52 Å². The molecule has 2 aromatic heterocycles. The predicted octanol–water partition coefficient (Wildman–Crippen LogP) is 2.36. The first kappa shape index (κ1) is 15.6. The summed E-state index contributed by atoms with van der Waals surface area (Å²) in [6.07, 6.45) is 7.38. The molecule has 2 aromatic rings. The topological polar surface area (TPSA) is 58.3 Å². The third-order valence-corrected chi connectivity index (χ3v) is 5.41. The van der Waals surface area contributed by atoms with Gasteiger partial charge in [0.2, 0.25) is 0 Å². The lowest BCUT2D eigenvalue weighted by molar-refractivity contribution is 0.197. The van der Waals surface area contributed by atoms with Crippen molar-refractivity contribution in [3.63, 3.8) is 0 Å². The number of anilines is 1. The van der Waals surface area contributed by atoms with Crippen LogP contribution in [-0.2, 0) is 19.4 Å². The minimum absolute atomic E-state index is 0.540. The van der Waals surface area contributed by atoms with Crippen LogP contribution in [0.3, 0.4) is 0 Å². The van der Waals surface area contributed by atoms with E-state index in [0.717, 1.165) is 62.6 Å². The molecule has 0 atom stereocenters. The fraction of sp³-hybridized carbons (Fsp3) is 0.611. The predicted molar refractivity (Wildman–Crippen MR) is 92.0 cm³/mol. The van der Waals surface area contributed by atoms with E-state index in [1.165, 1.54) is 17.7 Å². The molecule has 1 saturated heterocycles. The van der Waals surface area contributed by atoms with Crippen LogP contribution in [0.4, 0.5) is 5.82 Å². The van der Waals surface area contributed by atoms with Crippen LogP contribution in [0, 0.1) is 6.92 Å². The van der Waals surface area contributed by atoms with Crippen LogP contribution >= 0.6 is 0 Å². The van der Waals surface area contributed by atoms with E-state index in [4.69, 9.17) is 4.52 Å². The summed E-state index contributed by atoms with van der Waals surface area (Å²) in [5.41, 5.74) is 3.57. The van der Waals surface area contributed by atoms with Gasteiger partial charge in [0.15, 0.2) is 0 Å². The SMILES string of the molecule is Cc1cc(N(C)C2CCN(Cc3noc4c3CCC4)CC2)ncn1. The molecule has 0 radical (unpaired) electrons. The number of nitrogens with zero attached hydrogens (tertiary/aromatic N) is 5. The molecular weight excluding hydrogens is 302 g/mol. The summed E-state index contributed by atoms with van der Waals surface area (Å²) in [6.45, 7) is 5.14. The maximum atomic E-state index is 5.48. The first-order chi connectivity index (χ1) is 11.7. The van der Waals surface area contributed by atoms with Gasteiger partial charge in [0.05, 0.1) is 0 Å². The van der Waals surface area contributed by atoms with Crippen LogP contribution in [0.5, 0.6) is 0 Å². The summed E-state index contributed by atoms with van der Waals surface area (Å²) in [4.78, 5) is 13.4. The molecule has 6 nitrogen and oxygen atoms in total. The molecule has 0 bridgehead atoms. The zero-order chi connectivity index (χ0) is 16.5. The van der Waals surface area contributed by atoms with Crippen LogP contribution in [-0.4, -0.2) is 46.2 Å². The summed E-state index contributed by atoms with van der Waals surface area (Å²) in [6, 6.07) is 2.60. The average molecular weight is 327 g/mol. The maximum Gasteiger partial charge on any atom is 0.140 e. The molecule has 6 heteroatoms. The van der Waals surface area contributed by atoms with Crippen LogP contribution < -0.4 is 4.90 Å². The van der Waals surface area contributed by atoms with Gasteiger partial charge in [-0.3, -0.25) is 4.90 Å². The van der Waals surface area contributed by atoms with Crippen molar-refractivity contribution in [2.45, 2.75) is 51.6 Å². The Hall–Kier alpha value is -1.95. The third kappa shape index (κ3) is 3.02. The van der Waals surface area contributed by atoms with Crippen LogP contribution in [0.1, 0.15) is 42.0 Å². The molecule has 1 aliphatic carbocycles. The first-order valence-electron chi connectivity index (χ1n) is 8.91. The Morgan fingerprint density at radius 2 is 2.08 bits per heavy atom. The van der Waals surface area contributed by atoms with Crippen molar-refractivity contribution in [3.05, 3.63) is 35.1 Å². The van der Waals surface area contributed by atoms with Gasteiger partial charge >= 0.3 is 0 Å². The van der Waals surface area contributed by atoms with Crippen molar-refractivity contribution >= 4 is 5.82 Å². The van der Waals surface area contributed by atoms with Gasteiger partial charge in [-0.15, -0.1) is 0 Å². The Morgan fingerprint density at radius 3 is 2.88 bits per heavy atom. The molecule has 2 aliphatic rings. The molecule has 24 heavy (non-hydrogen) atoms. The lowest BCUT2D eigenvalue weighted by atomic mass is 10.0. The number of aryl methyl sites for hydroxylation is 2. The summed E-state index contributed by atoms with van der Waals surface area (Å²) in [7, 11) is 2.15. The lowest BCUT2D eigenvalue weighted by Crippen LogP contribution is -2.43.